The molecule has 1 heterocycles. The molecule has 1 saturated heterocycles. The normalized spacial score (nSPS) is 33.4. The standard InChI is InChI=1S/C16H22BrNO2S/c1-21(19,20)15-6-3-7-16(15)8-9-18-11-14(16)12-4-2-5-13(17)10-12/h2,4-5,10,14-15,18H,3,6-9,11H2,1H3. The number of piperidine rings is 1. The molecule has 3 nitrogen and oxygen atoms in total. The van der Waals surface area contributed by atoms with E-state index in [1.807, 2.05) is 12.1 Å². The fourth-order valence-electron chi connectivity index (χ4n) is 4.51. The van der Waals surface area contributed by atoms with Crippen LogP contribution < -0.4 is 5.32 Å². The topological polar surface area (TPSA) is 46.2 Å². The van der Waals surface area contributed by atoms with Gasteiger partial charge in [-0.1, -0.05) is 34.5 Å². The lowest BCUT2D eigenvalue weighted by molar-refractivity contribution is 0.173. The number of benzene rings is 1. The van der Waals surface area contributed by atoms with Gasteiger partial charge in [-0.25, -0.2) is 8.42 Å². The Balaban J connectivity index is 2.05. The van der Waals surface area contributed by atoms with Crippen LogP contribution in [-0.4, -0.2) is 33.0 Å². The van der Waals surface area contributed by atoms with Crippen LogP contribution in [0.3, 0.4) is 0 Å². The molecular formula is C16H22BrNO2S. The van der Waals surface area contributed by atoms with Crippen LogP contribution in [0.4, 0.5) is 0 Å². The Hall–Kier alpha value is -0.390. The van der Waals surface area contributed by atoms with E-state index in [0.29, 0.717) is 0 Å². The van der Waals surface area contributed by atoms with Gasteiger partial charge in [-0.2, -0.15) is 0 Å². The molecule has 1 spiro atoms. The number of hydrogen-bond donors (Lipinski definition) is 1. The van der Waals surface area contributed by atoms with Gasteiger partial charge in [0.2, 0.25) is 0 Å². The number of hydrogen-bond acceptors (Lipinski definition) is 3. The number of halogens is 1. The quantitative estimate of drug-likeness (QED) is 0.868. The largest absolute Gasteiger partial charge is 0.316 e. The van der Waals surface area contributed by atoms with Crippen molar-refractivity contribution >= 4 is 25.8 Å². The van der Waals surface area contributed by atoms with Gasteiger partial charge >= 0.3 is 0 Å². The minimum atomic E-state index is -3.00. The molecule has 0 bridgehead atoms. The highest BCUT2D eigenvalue weighted by atomic mass is 79.9. The molecule has 1 aliphatic heterocycles. The fraction of sp³-hybridized carbons (Fsp3) is 0.625. The molecule has 1 aromatic rings. The molecule has 1 aromatic carbocycles. The van der Waals surface area contributed by atoms with E-state index in [1.54, 1.807) is 0 Å². The minimum absolute atomic E-state index is 0.0837. The average molecular weight is 372 g/mol. The second-order valence-corrected chi connectivity index (χ2v) is 9.65. The highest BCUT2D eigenvalue weighted by Crippen LogP contribution is 2.54. The summed E-state index contributed by atoms with van der Waals surface area (Å²) >= 11 is 3.54. The van der Waals surface area contributed by atoms with E-state index in [9.17, 15) is 8.42 Å². The van der Waals surface area contributed by atoms with Crippen molar-refractivity contribution in [1.82, 2.24) is 5.32 Å². The van der Waals surface area contributed by atoms with Gasteiger partial charge in [-0.15, -0.1) is 0 Å². The van der Waals surface area contributed by atoms with Gasteiger partial charge in [0, 0.05) is 23.2 Å². The molecule has 0 aromatic heterocycles. The second-order valence-electron chi connectivity index (χ2n) is 6.51. The molecule has 1 N–H and O–H groups in total. The van der Waals surface area contributed by atoms with Crippen molar-refractivity contribution in [3.63, 3.8) is 0 Å². The van der Waals surface area contributed by atoms with E-state index in [0.717, 1.165) is 43.2 Å². The molecular weight excluding hydrogens is 350 g/mol. The molecule has 0 radical (unpaired) electrons. The third kappa shape index (κ3) is 2.80. The van der Waals surface area contributed by atoms with Crippen LogP contribution in [0, 0.1) is 5.41 Å². The van der Waals surface area contributed by atoms with E-state index >= 15 is 0 Å². The number of rotatable bonds is 2. The Labute approximate surface area is 135 Å². The summed E-state index contributed by atoms with van der Waals surface area (Å²) < 4.78 is 25.7. The van der Waals surface area contributed by atoms with E-state index in [-0.39, 0.29) is 16.6 Å². The number of sulfone groups is 1. The Morgan fingerprint density at radius 3 is 2.86 bits per heavy atom. The molecule has 2 fully saturated rings. The second kappa shape index (κ2) is 5.67. The van der Waals surface area contributed by atoms with Gasteiger partial charge < -0.3 is 5.32 Å². The first-order valence-corrected chi connectivity index (χ1v) is 10.3. The summed E-state index contributed by atoms with van der Waals surface area (Å²) in [5, 5.41) is 3.28. The number of nitrogens with one attached hydrogen (secondary N) is 1. The van der Waals surface area contributed by atoms with Gasteiger partial charge in [0.25, 0.3) is 0 Å². The molecule has 116 valence electrons. The minimum Gasteiger partial charge on any atom is -0.316 e. The molecule has 2 aliphatic rings. The van der Waals surface area contributed by atoms with Crippen LogP contribution in [0.2, 0.25) is 0 Å². The smallest absolute Gasteiger partial charge is 0.150 e. The molecule has 5 heteroatoms. The van der Waals surface area contributed by atoms with Gasteiger partial charge in [-0.05, 0) is 48.9 Å². The molecule has 1 saturated carbocycles. The summed E-state index contributed by atoms with van der Waals surface area (Å²) in [5.74, 6) is 0.283. The molecule has 3 atom stereocenters. The predicted molar refractivity (Wildman–Crippen MR) is 89.3 cm³/mol. The zero-order valence-electron chi connectivity index (χ0n) is 12.3. The van der Waals surface area contributed by atoms with E-state index < -0.39 is 9.84 Å². The maximum absolute atomic E-state index is 12.3. The van der Waals surface area contributed by atoms with Crippen molar-refractivity contribution in [3.05, 3.63) is 34.3 Å². The van der Waals surface area contributed by atoms with Crippen LogP contribution in [0.1, 0.15) is 37.2 Å². The Morgan fingerprint density at radius 1 is 1.33 bits per heavy atom. The lowest BCUT2D eigenvalue weighted by atomic mass is 9.66. The highest BCUT2D eigenvalue weighted by Gasteiger charge is 2.53. The van der Waals surface area contributed by atoms with Crippen molar-refractivity contribution in [2.75, 3.05) is 19.3 Å². The first kappa shape index (κ1) is 15.5. The van der Waals surface area contributed by atoms with Crippen LogP contribution in [-0.2, 0) is 9.84 Å². The third-order valence-corrected chi connectivity index (χ3v) is 7.56. The highest BCUT2D eigenvalue weighted by molar-refractivity contribution is 9.10. The van der Waals surface area contributed by atoms with E-state index in [1.165, 1.54) is 11.8 Å². The van der Waals surface area contributed by atoms with Crippen molar-refractivity contribution in [2.24, 2.45) is 5.41 Å². The fourth-order valence-corrected chi connectivity index (χ4v) is 6.77. The van der Waals surface area contributed by atoms with Gasteiger partial charge in [0.1, 0.15) is 0 Å². The van der Waals surface area contributed by atoms with Crippen LogP contribution in [0.25, 0.3) is 0 Å². The van der Waals surface area contributed by atoms with Crippen molar-refractivity contribution in [1.29, 1.82) is 0 Å². The molecule has 0 amide bonds. The zero-order chi connectivity index (χ0) is 15.1. The lowest BCUT2D eigenvalue weighted by Gasteiger charge is -2.45. The summed E-state index contributed by atoms with van der Waals surface area (Å²) in [6.45, 7) is 1.80. The third-order valence-electron chi connectivity index (χ3n) is 5.33. The lowest BCUT2D eigenvalue weighted by Crippen LogP contribution is -2.49. The van der Waals surface area contributed by atoms with Crippen molar-refractivity contribution in [3.8, 4) is 0 Å². The zero-order valence-corrected chi connectivity index (χ0v) is 14.7. The SMILES string of the molecule is CS(=O)(=O)C1CCCC12CCNCC2c1cccc(Br)c1. The van der Waals surface area contributed by atoms with Crippen LogP contribution >= 0.6 is 15.9 Å². The molecule has 3 rings (SSSR count). The first-order valence-electron chi connectivity index (χ1n) is 7.58. The summed E-state index contributed by atoms with van der Waals surface area (Å²) in [6.07, 6.45) is 5.27. The van der Waals surface area contributed by atoms with Gasteiger partial charge in [0.15, 0.2) is 9.84 Å². The molecule has 3 unspecified atom stereocenters. The monoisotopic (exact) mass is 371 g/mol. The summed E-state index contributed by atoms with van der Waals surface area (Å²) in [4.78, 5) is 0. The van der Waals surface area contributed by atoms with Crippen LogP contribution in [0.5, 0.6) is 0 Å². The van der Waals surface area contributed by atoms with Crippen LogP contribution in [0.15, 0.2) is 28.7 Å². The summed E-state index contributed by atoms with van der Waals surface area (Å²) in [6, 6.07) is 8.36. The van der Waals surface area contributed by atoms with Gasteiger partial charge in [-0.3, -0.25) is 0 Å². The van der Waals surface area contributed by atoms with Crippen molar-refractivity contribution in [2.45, 2.75) is 36.9 Å². The van der Waals surface area contributed by atoms with Crippen molar-refractivity contribution < 1.29 is 8.42 Å². The maximum atomic E-state index is 12.3. The van der Waals surface area contributed by atoms with E-state index in [4.69, 9.17) is 0 Å². The maximum Gasteiger partial charge on any atom is 0.150 e. The summed E-state index contributed by atoms with van der Waals surface area (Å²) in [5.41, 5.74) is 1.17. The van der Waals surface area contributed by atoms with E-state index in [2.05, 4.69) is 33.4 Å². The molecule has 21 heavy (non-hydrogen) atoms. The first-order chi connectivity index (χ1) is 9.93. The average Bonchev–Trinajstić information content (AvgIpc) is 2.83. The Kier molecular flexibility index (Phi) is 4.19. The van der Waals surface area contributed by atoms with Gasteiger partial charge in [0.05, 0.1) is 5.25 Å². The Morgan fingerprint density at radius 2 is 2.14 bits per heavy atom. The predicted octanol–water partition coefficient (Wildman–Crippen LogP) is 3.11. The Bertz CT molecular complexity index is 631. The summed E-state index contributed by atoms with van der Waals surface area (Å²) in [7, 11) is -3.00. The molecule has 1 aliphatic carbocycles.